The number of piperazine rings is 1. The van der Waals surface area contributed by atoms with Crippen molar-refractivity contribution in [2.45, 2.75) is 45.2 Å². The molecule has 2 aromatic heterocycles. The highest BCUT2D eigenvalue weighted by atomic mass is 16.1. The van der Waals surface area contributed by atoms with Gasteiger partial charge in [-0.2, -0.15) is 0 Å². The minimum absolute atomic E-state index is 0.0973. The molecule has 0 spiro atoms. The van der Waals surface area contributed by atoms with Crippen LogP contribution in [0.5, 0.6) is 0 Å². The van der Waals surface area contributed by atoms with E-state index in [1.165, 1.54) is 36.2 Å². The lowest BCUT2D eigenvalue weighted by atomic mass is 10.1. The van der Waals surface area contributed by atoms with Gasteiger partial charge in [0.05, 0.1) is 5.56 Å². The zero-order valence-electron chi connectivity index (χ0n) is 19.5. The number of fused-ring (bicyclic) bond motifs is 3. The van der Waals surface area contributed by atoms with Gasteiger partial charge in [0.25, 0.3) is 5.91 Å². The van der Waals surface area contributed by atoms with E-state index in [0.717, 1.165) is 76.0 Å². The normalized spacial score (nSPS) is 17.6. The monoisotopic (exact) mass is 445 g/mol. The number of aryl methyl sites for hydroxylation is 1. The number of nitrogens with one attached hydrogen (secondary N) is 1. The van der Waals surface area contributed by atoms with Crippen LogP contribution in [0.4, 0.5) is 0 Å². The Morgan fingerprint density at radius 2 is 1.73 bits per heavy atom. The highest BCUT2D eigenvalue weighted by Gasteiger charge is 2.24. The molecule has 6 nitrogen and oxygen atoms in total. The van der Waals surface area contributed by atoms with Crippen molar-refractivity contribution in [2.24, 2.45) is 0 Å². The van der Waals surface area contributed by atoms with Crippen molar-refractivity contribution >= 4 is 16.8 Å². The smallest absolute Gasteiger partial charge is 0.253 e. The van der Waals surface area contributed by atoms with E-state index < -0.39 is 0 Å². The van der Waals surface area contributed by atoms with Gasteiger partial charge in [0.1, 0.15) is 0 Å². The number of amides is 1. The van der Waals surface area contributed by atoms with Crippen LogP contribution in [0, 0.1) is 0 Å². The lowest BCUT2D eigenvalue weighted by Gasteiger charge is -2.34. The average Bonchev–Trinajstić information content (AvgIpc) is 3.03. The molecule has 1 saturated heterocycles. The number of unbranched alkanes of at least 4 members (excludes halogenated alkanes) is 2. The fourth-order valence-corrected chi connectivity index (χ4v) is 5.37. The summed E-state index contributed by atoms with van der Waals surface area (Å²) in [6, 6.07) is 12.6. The van der Waals surface area contributed by atoms with Gasteiger partial charge in [-0.1, -0.05) is 30.7 Å². The van der Waals surface area contributed by atoms with E-state index in [1.807, 2.05) is 24.5 Å². The number of pyridine rings is 1. The van der Waals surface area contributed by atoms with E-state index in [2.05, 4.69) is 48.9 Å². The first kappa shape index (κ1) is 22.1. The Labute approximate surface area is 196 Å². The van der Waals surface area contributed by atoms with Gasteiger partial charge >= 0.3 is 0 Å². The molecule has 0 radical (unpaired) electrons. The molecule has 4 heterocycles. The molecule has 2 aliphatic rings. The fourth-order valence-electron chi connectivity index (χ4n) is 5.37. The molecule has 0 unspecified atom stereocenters. The molecule has 1 amide bonds. The zero-order valence-corrected chi connectivity index (χ0v) is 19.5. The van der Waals surface area contributed by atoms with Crippen LogP contribution in [-0.4, -0.2) is 64.5 Å². The van der Waals surface area contributed by atoms with Crippen molar-refractivity contribution in [3.05, 3.63) is 65.6 Å². The number of carbonyl (C=O) groups excluding carboxylic acids is 1. The number of aromatic nitrogens is 2. The van der Waals surface area contributed by atoms with Crippen LogP contribution in [0.25, 0.3) is 10.9 Å². The van der Waals surface area contributed by atoms with Crippen molar-refractivity contribution in [3.63, 3.8) is 0 Å². The molecular formula is C27H35N5O. The summed E-state index contributed by atoms with van der Waals surface area (Å²) in [7, 11) is 0. The van der Waals surface area contributed by atoms with E-state index in [1.54, 1.807) is 0 Å². The molecule has 0 saturated carbocycles. The van der Waals surface area contributed by atoms with Crippen molar-refractivity contribution in [1.29, 1.82) is 0 Å². The average molecular weight is 446 g/mol. The maximum atomic E-state index is 12.7. The number of rotatable bonds is 8. The largest absolute Gasteiger partial charge is 0.352 e. The summed E-state index contributed by atoms with van der Waals surface area (Å²) < 4.78 is 2.42. The second kappa shape index (κ2) is 10.5. The molecule has 0 atom stereocenters. The summed E-state index contributed by atoms with van der Waals surface area (Å²) in [6.45, 7) is 8.56. The number of carbonyl (C=O) groups is 1. The molecule has 33 heavy (non-hydrogen) atoms. The number of hydrogen-bond acceptors (Lipinski definition) is 4. The third-order valence-corrected chi connectivity index (χ3v) is 7.13. The van der Waals surface area contributed by atoms with Gasteiger partial charge in [0, 0.05) is 74.8 Å². The molecule has 0 aliphatic carbocycles. The Hall–Kier alpha value is -2.70. The number of benzene rings is 1. The summed E-state index contributed by atoms with van der Waals surface area (Å²) in [5.74, 6) is 0.0973. The van der Waals surface area contributed by atoms with Crippen LogP contribution in [0.15, 0.2) is 48.8 Å². The summed E-state index contributed by atoms with van der Waals surface area (Å²) >= 11 is 0. The number of para-hydroxylation sites is 1. The maximum Gasteiger partial charge on any atom is 0.253 e. The van der Waals surface area contributed by atoms with E-state index in [4.69, 9.17) is 0 Å². The molecule has 5 rings (SSSR count). The lowest BCUT2D eigenvalue weighted by molar-refractivity contribution is 0.0957. The van der Waals surface area contributed by atoms with E-state index in [0.29, 0.717) is 0 Å². The minimum Gasteiger partial charge on any atom is -0.352 e. The van der Waals surface area contributed by atoms with Crippen molar-refractivity contribution in [1.82, 2.24) is 24.7 Å². The Morgan fingerprint density at radius 1 is 0.909 bits per heavy atom. The second-order valence-electron chi connectivity index (χ2n) is 9.39. The van der Waals surface area contributed by atoms with Crippen LogP contribution in [-0.2, 0) is 19.5 Å². The van der Waals surface area contributed by atoms with Gasteiger partial charge in [-0.15, -0.1) is 0 Å². The first-order valence-electron chi connectivity index (χ1n) is 12.5. The van der Waals surface area contributed by atoms with Gasteiger partial charge in [-0.25, -0.2) is 0 Å². The fraction of sp³-hybridized carbons (Fsp3) is 0.481. The zero-order chi connectivity index (χ0) is 22.5. The highest BCUT2D eigenvalue weighted by molar-refractivity contribution is 6.08. The van der Waals surface area contributed by atoms with E-state index in [-0.39, 0.29) is 5.91 Å². The molecule has 2 aliphatic heterocycles. The molecule has 1 aromatic carbocycles. The number of nitrogens with zero attached hydrogens (tertiary/aromatic N) is 4. The quantitative estimate of drug-likeness (QED) is 0.537. The second-order valence-corrected chi connectivity index (χ2v) is 9.39. The summed E-state index contributed by atoms with van der Waals surface area (Å²) in [5.41, 5.74) is 4.66. The predicted molar refractivity (Wildman–Crippen MR) is 132 cm³/mol. The first-order valence-corrected chi connectivity index (χ1v) is 12.5. The van der Waals surface area contributed by atoms with E-state index >= 15 is 0 Å². The van der Waals surface area contributed by atoms with Crippen LogP contribution >= 0.6 is 0 Å². The van der Waals surface area contributed by atoms with Gasteiger partial charge in [-0.3, -0.25) is 14.7 Å². The Kier molecular flexibility index (Phi) is 7.03. The Balaban J connectivity index is 1.09. The van der Waals surface area contributed by atoms with Crippen molar-refractivity contribution < 1.29 is 4.79 Å². The van der Waals surface area contributed by atoms with Crippen LogP contribution in [0.3, 0.4) is 0 Å². The maximum absolute atomic E-state index is 12.7. The Bertz CT molecular complexity index is 1070. The third kappa shape index (κ3) is 5.12. The van der Waals surface area contributed by atoms with Crippen LogP contribution < -0.4 is 5.32 Å². The predicted octanol–water partition coefficient (Wildman–Crippen LogP) is 3.70. The number of hydrogen-bond donors (Lipinski definition) is 1. The SMILES string of the molecule is O=C1NCCCc2c1c1ccccc1n2CCCCCN1CCN(Cc2cccnc2)CC1. The molecule has 3 aromatic rings. The van der Waals surface area contributed by atoms with Crippen LogP contribution in [0.2, 0.25) is 0 Å². The molecule has 6 heteroatoms. The third-order valence-electron chi connectivity index (χ3n) is 7.13. The standard InChI is InChI=1S/C27H35N5O/c33-27-26-23-9-2-3-10-24(23)32(25(26)11-7-13-29-27)15-5-1-4-14-30-16-18-31(19-17-30)21-22-8-6-12-28-20-22/h2-3,6,8-10,12,20H,1,4-5,7,11,13-19,21H2,(H,29,33). The first-order chi connectivity index (χ1) is 16.3. The summed E-state index contributed by atoms with van der Waals surface area (Å²) in [6.07, 6.45) is 9.44. The lowest BCUT2D eigenvalue weighted by Crippen LogP contribution is -2.46. The molecule has 0 bridgehead atoms. The van der Waals surface area contributed by atoms with Gasteiger partial charge in [0.2, 0.25) is 0 Å². The van der Waals surface area contributed by atoms with Gasteiger partial charge < -0.3 is 14.8 Å². The Morgan fingerprint density at radius 3 is 2.58 bits per heavy atom. The van der Waals surface area contributed by atoms with Crippen LogP contribution in [0.1, 0.15) is 47.3 Å². The molecule has 1 fully saturated rings. The highest BCUT2D eigenvalue weighted by Crippen LogP contribution is 2.29. The minimum atomic E-state index is 0.0973. The molecular weight excluding hydrogens is 410 g/mol. The van der Waals surface area contributed by atoms with Crippen molar-refractivity contribution in [3.8, 4) is 0 Å². The van der Waals surface area contributed by atoms with Crippen molar-refractivity contribution in [2.75, 3.05) is 39.3 Å². The summed E-state index contributed by atoms with van der Waals surface area (Å²) in [5, 5.41) is 4.18. The molecule has 1 N–H and O–H groups in total. The topological polar surface area (TPSA) is 53.4 Å². The summed E-state index contributed by atoms with van der Waals surface area (Å²) in [4.78, 5) is 22.1. The van der Waals surface area contributed by atoms with E-state index in [9.17, 15) is 4.79 Å². The molecule has 174 valence electrons. The van der Waals surface area contributed by atoms with Gasteiger partial charge in [-0.05, 0) is 49.9 Å². The van der Waals surface area contributed by atoms with Gasteiger partial charge in [0.15, 0.2) is 0 Å².